The van der Waals surface area contributed by atoms with Crippen LogP contribution in [0.5, 0.6) is 0 Å². The summed E-state index contributed by atoms with van der Waals surface area (Å²) in [5, 5.41) is 5.14. The van der Waals surface area contributed by atoms with Crippen LogP contribution >= 0.6 is 0 Å². The van der Waals surface area contributed by atoms with Gasteiger partial charge in [-0.15, -0.1) is 0 Å². The number of carbonyl (C=O) groups excluding carboxylic acids is 2. The van der Waals surface area contributed by atoms with E-state index in [4.69, 9.17) is 0 Å². The molecule has 6 nitrogen and oxygen atoms in total. The van der Waals surface area contributed by atoms with E-state index in [2.05, 4.69) is 15.6 Å². The Balaban J connectivity index is 1.72. The lowest BCUT2D eigenvalue weighted by Gasteiger charge is -2.33. The second-order valence-corrected chi connectivity index (χ2v) is 6.26. The first kappa shape index (κ1) is 18.7. The summed E-state index contributed by atoms with van der Waals surface area (Å²) < 4.78 is 40.2. The summed E-state index contributed by atoms with van der Waals surface area (Å²) in [6, 6.07) is 3.42. The molecule has 27 heavy (non-hydrogen) atoms. The van der Waals surface area contributed by atoms with Crippen molar-refractivity contribution in [1.29, 1.82) is 0 Å². The molecule has 0 spiro atoms. The highest BCUT2D eigenvalue weighted by atomic mass is 19.1. The molecular formula is C18H17F3N4O2. The zero-order valence-corrected chi connectivity index (χ0v) is 14.6. The molecule has 1 aliphatic heterocycles. The van der Waals surface area contributed by atoms with Crippen molar-refractivity contribution in [2.24, 2.45) is 0 Å². The molecule has 3 rings (SSSR count). The van der Waals surface area contributed by atoms with Gasteiger partial charge in [-0.3, -0.25) is 4.79 Å². The topological polar surface area (TPSA) is 74.3 Å². The molecule has 0 unspecified atom stereocenters. The highest BCUT2D eigenvalue weighted by molar-refractivity contribution is 5.95. The van der Waals surface area contributed by atoms with Crippen LogP contribution in [-0.2, 0) is 11.3 Å². The minimum Gasteiger partial charge on any atom is -0.348 e. The number of hydrogen-bond donors (Lipinski definition) is 2. The van der Waals surface area contributed by atoms with Gasteiger partial charge in [0.15, 0.2) is 0 Å². The summed E-state index contributed by atoms with van der Waals surface area (Å²) in [5.41, 5.74) is 0.799. The first-order valence-electron chi connectivity index (χ1n) is 8.24. The third-order valence-corrected chi connectivity index (χ3v) is 4.40. The number of anilines is 1. The predicted molar refractivity (Wildman–Crippen MR) is 91.1 cm³/mol. The van der Waals surface area contributed by atoms with Crippen molar-refractivity contribution in [3.8, 4) is 0 Å². The van der Waals surface area contributed by atoms with Crippen LogP contribution in [0.25, 0.3) is 0 Å². The summed E-state index contributed by atoms with van der Waals surface area (Å²) >= 11 is 0. The second-order valence-electron chi connectivity index (χ2n) is 6.26. The third kappa shape index (κ3) is 3.86. The summed E-state index contributed by atoms with van der Waals surface area (Å²) in [7, 11) is 0. The standard InChI is InChI=1S/C18H17F3N4O2/c1-9(12-4-3-11(19)7-13(12)20)22-17(26)10(2)25-8-15-14(24-18(25)27)5-6-16(21)23-15/h3-7,9-10H,8H2,1-2H3,(H,22,26)(H,24,27)/t9-,10+/m0/s1. The molecule has 0 saturated heterocycles. The summed E-state index contributed by atoms with van der Waals surface area (Å²) in [6.07, 6.45) is 0. The number of rotatable bonds is 4. The number of hydrogen-bond acceptors (Lipinski definition) is 3. The van der Waals surface area contributed by atoms with Gasteiger partial charge in [0.05, 0.1) is 24.0 Å². The average molecular weight is 378 g/mol. The Kier molecular flexibility index (Phi) is 5.02. The molecular weight excluding hydrogens is 361 g/mol. The lowest BCUT2D eigenvalue weighted by Crippen LogP contribution is -2.51. The van der Waals surface area contributed by atoms with E-state index in [0.29, 0.717) is 11.4 Å². The van der Waals surface area contributed by atoms with Crippen LogP contribution in [0.15, 0.2) is 30.3 Å². The molecule has 2 atom stereocenters. The van der Waals surface area contributed by atoms with E-state index in [1.807, 2.05) is 0 Å². The number of carbonyl (C=O) groups is 2. The van der Waals surface area contributed by atoms with Gasteiger partial charge < -0.3 is 15.5 Å². The maximum absolute atomic E-state index is 13.9. The monoisotopic (exact) mass is 378 g/mol. The number of pyridine rings is 1. The van der Waals surface area contributed by atoms with E-state index in [9.17, 15) is 22.8 Å². The van der Waals surface area contributed by atoms with E-state index >= 15 is 0 Å². The zero-order chi connectivity index (χ0) is 19.7. The molecule has 9 heteroatoms. The third-order valence-electron chi connectivity index (χ3n) is 4.40. The smallest absolute Gasteiger partial charge is 0.322 e. The fraction of sp³-hybridized carbons (Fsp3) is 0.278. The Morgan fingerprint density at radius 1 is 1.22 bits per heavy atom. The Bertz CT molecular complexity index is 906. The molecule has 1 aromatic carbocycles. The van der Waals surface area contributed by atoms with Crippen molar-refractivity contribution in [3.63, 3.8) is 0 Å². The van der Waals surface area contributed by atoms with Crippen LogP contribution in [0.2, 0.25) is 0 Å². The van der Waals surface area contributed by atoms with Crippen LogP contribution < -0.4 is 10.6 Å². The van der Waals surface area contributed by atoms with Gasteiger partial charge in [0.25, 0.3) is 0 Å². The van der Waals surface area contributed by atoms with E-state index in [1.165, 1.54) is 24.0 Å². The zero-order valence-electron chi connectivity index (χ0n) is 14.6. The summed E-state index contributed by atoms with van der Waals surface area (Å²) in [6.45, 7) is 2.99. The number of benzene rings is 1. The van der Waals surface area contributed by atoms with Gasteiger partial charge in [-0.2, -0.15) is 4.39 Å². The van der Waals surface area contributed by atoms with Crippen LogP contribution in [0.3, 0.4) is 0 Å². The quantitative estimate of drug-likeness (QED) is 0.803. The van der Waals surface area contributed by atoms with Crippen molar-refractivity contribution in [2.75, 3.05) is 5.32 Å². The number of nitrogens with one attached hydrogen (secondary N) is 2. The van der Waals surface area contributed by atoms with Crippen molar-refractivity contribution in [2.45, 2.75) is 32.5 Å². The fourth-order valence-corrected chi connectivity index (χ4v) is 2.85. The summed E-state index contributed by atoms with van der Waals surface area (Å²) in [5.74, 6) is -2.73. The highest BCUT2D eigenvalue weighted by Crippen LogP contribution is 2.24. The van der Waals surface area contributed by atoms with Gasteiger partial charge >= 0.3 is 6.03 Å². The van der Waals surface area contributed by atoms with Crippen molar-refractivity contribution in [1.82, 2.24) is 15.2 Å². The molecule has 142 valence electrons. The average Bonchev–Trinajstić information content (AvgIpc) is 2.60. The molecule has 0 aliphatic carbocycles. The lowest BCUT2D eigenvalue weighted by molar-refractivity contribution is -0.125. The van der Waals surface area contributed by atoms with E-state index in [1.54, 1.807) is 6.92 Å². The molecule has 2 aromatic rings. The molecule has 0 fully saturated rings. The minimum atomic E-state index is -0.922. The lowest BCUT2D eigenvalue weighted by atomic mass is 10.1. The number of fused-ring (bicyclic) bond motifs is 1. The van der Waals surface area contributed by atoms with Crippen LogP contribution in [0.1, 0.15) is 31.1 Å². The number of aromatic nitrogens is 1. The molecule has 1 aliphatic rings. The molecule has 1 aromatic heterocycles. The van der Waals surface area contributed by atoms with Crippen molar-refractivity contribution in [3.05, 3.63) is 59.2 Å². The first-order valence-corrected chi connectivity index (χ1v) is 8.24. The van der Waals surface area contributed by atoms with E-state index in [0.717, 1.165) is 18.2 Å². The Morgan fingerprint density at radius 2 is 1.96 bits per heavy atom. The Labute approximate surface area is 153 Å². The van der Waals surface area contributed by atoms with Crippen LogP contribution in [-0.4, -0.2) is 27.9 Å². The van der Waals surface area contributed by atoms with Gasteiger partial charge in [0, 0.05) is 11.6 Å². The molecule has 0 bridgehead atoms. The maximum Gasteiger partial charge on any atom is 0.322 e. The van der Waals surface area contributed by atoms with Gasteiger partial charge in [-0.1, -0.05) is 6.07 Å². The van der Waals surface area contributed by atoms with Gasteiger partial charge in [-0.05, 0) is 32.0 Å². The number of amides is 3. The van der Waals surface area contributed by atoms with Gasteiger partial charge in [0.1, 0.15) is 17.7 Å². The van der Waals surface area contributed by atoms with Crippen molar-refractivity contribution < 1.29 is 22.8 Å². The fourth-order valence-electron chi connectivity index (χ4n) is 2.85. The van der Waals surface area contributed by atoms with Crippen molar-refractivity contribution >= 4 is 17.6 Å². The molecule has 0 saturated carbocycles. The molecule has 3 amide bonds. The van der Waals surface area contributed by atoms with Crippen LogP contribution in [0.4, 0.5) is 23.7 Å². The predicted octanol–water partition coefficient (Wildman–Crippen LogP) is 3.11. The minimum absolute atomic E-state index is 0.0488. The first-order chi connectivity index (χ1) is 12.8. The number of halogens is 3. The SMILES string of the molecule is C[C@H](NC(=O)[C@@H](C)N1Cc2nc(F)ccc2NC1=O)c1ccc(F)cc1F. The second kappa shape index (κ2) is 7.26. The Morgan fingerprint density at radius 3 is 2.67 bits per heavy atom. The van der Waals surface area contributed by atoms with E-state index < -0.39 is 41.6 Å². The molecule has 0 radical (unpaired) electrons. The molecule has 2 heterocycles. The maximum atomic E-state index is 13.9. The molecule has 2 N–H and O–H groups in total. The highest BCUT2D eigenvalue weighted by Gasteiger charge is 2.32. The summed E-state index contributed by atoms with van der Waals surface area (Å²) in [4.78, 5) is 29.7. The normalized spacial score (nSPS) is 15.6. The number of nitrogens with zero attached hydrogens (tertiary/aromatic N) is 2. The van der Waals surface area contributed by atoms with Crippen LogP contribution in [0, 0.1) is 17.6 Å². The van der Waals surface area contributed by atoms with Gasteiger partial charge in [0.2, 0.25) is 11.9 Å². The van der Waals surface area contributed by atoms with Gasteiger partial charge in [-0.25, -0.2) is 18.6 Å². The Hall–Kier alpha value is -3.10. The number of urea groups is 1. The van der Waals surface area contributed by atoms with E-state index in [-0.39, 0.29) is 12.1 Å². The largest absolute Gasteiger partial charge is 0.348 e.